The van der Waals surface area contributed by atoms with Gasteiger partial charge in [0, 0.05) is 6.08 Å². The van der Waals surface area contributed by atoms with Gasteiger partial charge in [0.15, 0.2) is 9.84 Å². The minimum atomic E-state index is -3.01. The van der Waals surface area contributed by atoms with Crippen molar-refractivity contribution in [3.63, 3.8) is 0 Å². The van der Waals surface area contributed by atoms with Gasteiger partial charge in [-0.25, -0.2) is 8.42 Å². The van der Waals surface area contributed by atoms with Crippen LogP contribution >= 0.6 is 0 Å². The third kappa shape index (κ3) is 3.70. The molecule has 1 heterocycles. The fourth-order valence-corrected chi connectivity index (χ4v) is 4.48. The summed E-state index contributed by atoms with van der Waals surface area (Å²) in [4.78, 5) is 11.9. The van der Waals surface area contributed by atoms with Gasteiger partial charge in [0.05, 0.1) is 17.0 Å². The molecule has 20 heavy (non-hydrogen) atoms. The molecular weight excluding hydrogens is 274 g/mol. The van der Waals surface area contributed by atoms with E-state index in [0.717, 1.165) is 11.1 Å². The minimum Gasteiger partial charge on any atom is -0.346 e. The molecule has 0 saturated carbocycles. The fourth-order valence-electron chi connectivity index (χ4n) is 2.39. The van der Waals surface area contributed by atoms with Crippen LogP contribution in [0.4, 0.5) is 0 Å². The van der Waals surface area contributed by atoms with Crippen molar-refractivity contribution in [1.82, 2.24) is 5.32 Å². The van der Waals surface area contributed by atoms with Crippen LogP contribution in [0.3, 0.4) is 0 Å². The van der Waals surface area contributed by atoms with Crippen molar-refractivity contribution in [3.8, 4) is 0 Å². The Morgan fingerprint density at radius 3 is 2.65 bits per heavy atom. The van der Waals surface area contributed by atoms with E-state index in [1.165, 1.54) is 6.08 Å². The van der Waals surface area contributed by atoms with Crippen LogP contribution in [0, 0.1) is 6.92 Å². The van der Waals surface area contributed by atoms with Crippen LogP contribution in [0.15, 0.2) is 30.3 Å². The summed E-state index contributed by atoms with van der Waals surface area (Å²) < 4.78 is 23.0. The number of sulfone groups is 1. The maximum atomic E-state index is 11.9. The Morgan fingerprint density at radius 1 is 1.35 bits per heavy atom. The summed E-state index contributed by atoms with van der Waals surface area (Å²) in [5.74, 6) is -0.0947. The SMILES string of the molecule is Cc1ccccc1/C=C/C(=O)NC1(C)CCS(=O)(=O)C1. The number of hydrogen-bond acceptors (Lipinski definition) is 3. The summed E-state index contributed by atoms with van der Waals surface area (Å²) >= 11 is 0. The Morgan fingerprint density at radius 2 is 2.05 bits per heavy atom. The third-order valence-electron chi connectivity index (χ3n) is 3.53. The number of hydrogen-bond donors (Lipinski definition) is 1. The molecule has 0 aliphatic carbocycles. The zero-order valence-corrected chi connectivity index (χ0v) is 12.5. The molecule has 1 amide bonds. The summed E-state index contributed by atoms with van der Waals surface area (Å²) in [6.45, 7) is 3.75. The van der Waals surface area contributed by atoms with Crippen molar-refractivity contribution in [3.05, 3.63) is 41.5 Å². The topological polar surface area (TPSA) is 63.2 Å². The molecule has 1 saturated heterocycles. The second kappa shape index (κ2) is 5.40. The molecule has 1 atom stereocenters. The van der Waals surface area contributed by atoms with E-state index in [1.807, 2.05) is 31.2 Å². The summed E-state index contributed by atoms with van der Waals surface area (Å²) in [6, 6.07) is 7.76. The quantitative estimate of drug-likeness (QED) is 0.863. The van der Waals surface area contributed by atoms with Gasteiger partial charge in [0.1, 0.15) is 0 Å². The molecule has 1 aliphatic heterocycles. The van der Waals surface area contributed by atoms with Crippen LogP contribution in [0.5, 0.6) is 0 Å². The molecule has 0 bridgehead atoms. The van der Waals surface area contributed by atoms with Gasteiger partial charge in [-0.2, -0.15) is 0 Å². The van der Waals surface area contributed by atoms with Crippen LogP contribution in [-0.2, 0) is 14.6 Å². The number of carbonyl (C=O) groups is 1. The molecule has 0 spiro atoms. The van der Waals surface area contributed by atoms with E-state index in [2.05, 4.69) is 5.32 Å². The van der Waals surface area contributed by atoms with Crippen LogP contribution in [-0.4, -0.2) is 31.4 Å². The van der Waals surface area contributed by atoms with E-state index in [1.54, 1.807) is 13.0 Å². The Balaban J connectivity index is 2.02. The molecule has 4 nitrogen and oxygen atoms in total. The summed E-state index contributed by atoms with van der Waals surface area (Å²) in [5.41, 5.74) is 1.42. The number of aryl methyl sites for hydroxylation is 1. The Bertz CT molecular complexity index is 649. The number of carbonyl (C=O) groups excluding carboxylic acids is 1. The molecule has 0 radical (unpaired) electrons. The lowest BCUT2D eigenvalue weighted by atomic mass is 10.0. The minimum absolute atomic E-state index is 0.0178. The monoisotopic (exact) mass is 293 g/mol. The Hall–Kier alpha value is -1.62. The van der Waals surface area contributed by atoms with E-state index in [9.17, 15) is 13.2 Å². The van der Waals surface area contributed by atoms with Gasteiger partial charge < -0.3 is 5.32 Å². The van der Waals surface area contributed by atoms with Crippen LogP contribution in [0.25, 0.3) is 6.08 Å². The van der Waals surface area contributed by atoms with Crippen LogP contribution < -0.4 is 5.32 Å². The Kier molecular flexibility index (Phi) is 3.99. The third-order valence-corrected chi connectivity index (χ3v) is 5.43. The maximum absolute atomic E-state index is 11.9. The molecule has 0 aromatic heterocycles. The standard InChI is InChI=1S/C15H19NO3S/c1-12-5-3-4-6-13(12)7-8-14(17)16-15(2)9-10-20(18,19)11-15/h3-8H,9-11H2,1-2H3,(H,16,17)/b8-7+. The van der Waals surface area contributed by atoms with E-state index in [4.69, 9.17) is 0 Å². The molecule has 1 fully saturated rings. The smallest absolute Gasteiger partial charge is 0.244 e. The first-order chi connectivity index (χ1) is 9.30. The highest BCUT2D eigenvalue weighted by Gasteiger charge is 2.38. The lowest BCUT2D eigenvalue weighted by molar-refractivity contribution is -0.117. The lowest BCUT2D eigenvalue weighted by Gasteiger charge is -2.22. The van der Waals surface area contributed by atoms with E-state index < -0.39 is 15.4 Å². The highest BCUT2D eigenvalue weighted by molar-refractivity contribution is 7.91. The number of benzene rings is 1. The first kappa shape index (κ1) is 14.8. The van der Waals surface area contributed by atoms with Crippen LogP contribution in [0.1, 0.15) is 24.5 Å². The Labute approximate surface area is 119 Å². The number of amides is 1. The highest BCUT2D eigenvalue weighted by atomic mass is 32.2. The molecule has 1 aliphatic rings. The predicted molar refractivity (Wildman–Crippen MR) is 80.0 cm³/mol. The van der Waals surface area contributed by atoms with Gasteiger partial charge in [0.2, 0.25) is 5.91 Å². The van der Waals surface area contributed by atoms with Gasteiger partial charge >= 0.3 is 0 Å². The molecule has 1 aromatic carbocycles. The molecule has 5 heteroatoms. The van der Waals surface area contributed by atoms with Gasteiger partial charge in [0.25, 0.3) is 0 Å². The van der Waals surface area contributed by atoms with Crippen molar-refractivity contribution in [2.45, 2.75) is 25.8 Å². The number of rotatable bonds is 3. The summed E-state index contributed by atoms with van der Waals surface area (Å²) in [5, 5.41) is 2.80. The van der Waals surface area contributed by atoms with E-state index in [-0.39, 0.29) is 17.4 Å². The summed E-state index contributed by atoms with van der Waals surface area (Å²) in [6.07, 6.45) is 3.68. The van der Waals surface area contributed by atoms with Crippen molar-refractivity contribution in [2.75, 3.05) is 11.5 Å². The van der Waals surface area contributed by atoms with Gasteiger partial charge in [-0.3, -0.25) is 4.79 Å². The van der Waals surface area contributed by atoms with Crippen LogP contribution in [0.2, 0.25) is 0 Å². The molecule has 108 valence electrons. The largest absolute Gasteiger partial charge is 0.346 e. The average molecular weight is 293 g/mol. The average Bonchev–Trinajstić information content (AvgIpc) is 2.62. The van der Waals surface area contributed by atoms with Crippen molar-refractivity contribution in [1.29, 1.82) is 0 Å². The second-order valence-corrected chi connectivity index (χ2v) is 7.77. The summed E-state index contributed by atoms with van der Waals surface area (Å²) in [7, 11) is -3.01. The van der Waals surface area contributed by atoms with Crippen molar-refractivity contribution < 1.29 is 13.2 Å². The highest BCUT2D eigenvalue weighted by Crippen LogP contribution is 2.22. The zero-order chi connectivity index (χ0) is 14.8. The van der Waals surface area contributed by atoms with Gasteiger partial charge in [-0.15, -0.1) is 0 Å². The van der Waals surface area contributed by atoms with E-state index >= 15 is 0 Å². The number of nitrogens with one attached hydrogen (secondary N) is 1. The molecule has 1 aromatic rings. The predicted octanol–water partition coefficient (Wildman–Crippen LogP) is 1.70. The first-order valence-corrected chi connectivity index (χ1v) is 8.38. The van der Waals surface area contributed by atoms with E-state index in [0.29, 0.717) is 6.42 Å². The second-order valence-electron chi connectivity index (χ2n) is 5.58. The maximum Gasteiger partial charge on any atom is 0.244 e. The van der Waals surface area contributed by atoms with Crippen molar-refractivity contribution in [2.24, 2.45) is 0 Å². The normalized spacial score (nSPS) is 24.9. The van der Waals surface area contributed by atoms with Gasteiger partial charge in [-0.1, -0.05) is 24.3 Å². The molecule has 2 rings (SSSR count). The molecule has 1 unspecified atom stereocenters. The van der Waals surface area contributed by atoms with Gasteiger partial charge in [-0.05, 0) is 37.5 Å². The first-order valence-electron chi connectivity index (χ1n) is 6.56. The van der Waals surface area contributed by atoms with Crippen molar-refractivity contribution >= 4 is 21.8 Å². The molecule has 1 N–H and O–H groups in total. The fraction of sp³-hybridized carbons (Fsp3) is 0.400. The lowest BCUT2D eigenvalue weighted by Crippen LogP contribution is -2.46. The zero-order valence-electron chi connectivity index (χ0n) is 11.7. The molecular formula is C15H19NO3S.